The van der Waals surface area contributed by atoms with Crippen molar-refractivity contribution in [3.63, 3.8) is 0 Å². The topological polar surface area (TPSA) is 64.6 Å². The Kier molecular flexibility index (Phi) is 6.53. The second-order valence-corrected chi connectivity index (χ2v) is 6.26. The van der Waals surface area contributed by atoms with Gasteiger partial charge in [-0.25, -0.2) is 4.79 Å². The van der Waals surface area contributed by atoms with E-state index in [9.17, 15) is 9.59 Å². The molecule has 8 heteroatoms. The molecule has 0 spiro atoms. The Bertz CT molecular complexity index is 770. The molecule has 2 aromatic rings. The number of amides is 1. The fraction of sp³-hybridized carbons (Fsp3) is 0.176. The van der Waals surface area contributed by atoms with Gasteiger partial charge in [-0.2, -0.15) is 0 Å². The Labute approximate surface area is 159 Å². The van der Waals surface area contributed by atoms with Gasteiger partial charge in [0.1, 0.15) is 5.75 Å². The summed E-state index contributed by atoms with van der Waals surface area (Å²) in [6, 6.07) is 9.16. The standard InChI is InChI=1S/C17H14Cl3NO4/c1-9(25-12-5-3-10(4-6-12)17(23)24-2)16(22)21-15-13(19)7-11(18)8-14(15)20/h3-9H,1-2H3,(H,21,22)/t9-/m0/s1. The smallest absolute Gasteiger partial charge is 0.337 e. The third-order valence-electron chi connectivity index (χ3n) is 3.21. The van der Waals surface area contributed by atoms with Gasteiger partial charge < -0.3 is 14.8 Å². The summed E-state index contributed by atoms with van der Waals surface area (Å²) in [5.74, 6) is -0.476. The molecule has 2 rings (SSSR count). The first-order valence-electron chi connectivity index (χ1n) is 7.12. The van der Waals surface area contributed by atoms with E-state index in [0.29, 0.717) is 16.3 Å². The number of rotatable bonds is 5. The Morgan fingerprint density at radius 2 is 1.60 bits per heavy atom. The minimum Gasteiger partial charge on any atom is -0.481 e. The summed E-state index contributed by atoms with van der Waals surface area (Å²) in [6.07, 6.45) is -0.827. The molecule has 0 bridgehead atoms. The maximum Gasteiger partial charge on any atom is 0.337 e. The molecule has 0 fully saturated rings. The van der Waals surface area contributed by atoms with Crippen LogP contribution in [-0.4, -0.2) is 25.1 Å². The number of hydrogen-bond acceptors (Lipinski definition) is 4. The third kappa shape index (κ3) is 5.01. The van der Waals surface area contributed by atoms with Gasteiger partial charge in [0.25, 0.3) is 5.91 Å². The first-order chi connectivity index (χ1) is 11.8. The van der Waals surface area contributed by atoms with Gasteiger partial charge in [0, 0.05) is 5.02 Å². The monoisotopic (exact) mass is 401 g/mol. The summed E-state index contributed by atoms with van der Waals surface area (Å²) in [6.45, 7) is 1.57. The molecule has 0 saturated carbocycles. The number of nitrogens with one attached hydrogen (secondary N) is 1. The number of methoxy groups -OCH3 is 1. The molecular formula is C17H14Cl3NO4. The van der Waals surface area contributed by atoms with E-state index in [4.69, 9.17) is 39.5 Å². The van der Waals surface area contributed by atoms with E-state index in [2.05, 4.69) is 10.1 Å². The molecule has 0 aromatic heterocycles. The van der Waals surface area contributed by atoms with Crippen LogP contribution in [0.25, 0.3) is 0 Å². The highest BCUT2D eigenvalue weighted by Crippen LogP contribution is 2.33. The Morgan fingerprint density at radius 3 is 2.12 bits per heavy atom. The molecule has 0 radical (unpaired) electrons. The first kappa shape index (κ1) is 19.4. The van der Waals surface area contributed by atoms with Gasteiger partial charge in [-0.1, -0.05) is 34.8 Å². The molecular weight excluding hydrogens is 389 g/mol. The largest absolute Gasteiger partial charge is 0.481 e. The van der Waals surface area contributed by atoms with Gasteiger partial charge in [-0.3, -0.25) is 4.79 Å². The fourth-order valence-electron chi connectivity index (χ4n) is 1.93. The quantitative estimate of drug-likeness (QED) is 0.727. The lowest BCUT2D eigenvalue weighted by atomic mass is 10.2. The molecule has 5 nitrogen and oxygen atoms in total. The molecule has 0 aliphatic rings. The van der Waals surface area contributed by atoms with Gasteiger partial charge in [0.05, 0.1) is 28.4 Å². The molecule has 1 atom stereocenters. The predicted octanol–water partition coefficient (Wildman–Crippen LogP) is 4.84. The number of hydrogen-bond donors (Lipinski definition) is 1. The summed E-state index contributed by atoms with van der Waals surface area (Å²) in [5, 5.41) is 3.41. The van der Waals surface area contributed by atoms with Crippen molar-refractivity contribution in [1.82, 2.24) is 0 Å². The first-order valence-corrected chi connectivity index (χ1v) is 8.25. The Balaban J connectivity index is 2.04. The maximum atomic E-state index is 12.3. The molecule has 132 valence electrons. The van der Waals surface area contributed by atoms with E-state index in [0.717, 1.165) is 0 Å². The highest BCUT2D eigenvalue weighted by Gasteiger charge is 2.18. The average Bonchev–Trinajstić information content (AvgIpc) is 2.57. The molecule has 0 unspecified atom stereocenters. The van der Waals surface area contributed by atoms with Crippen molar-refractivity contribution >= 4 is 52.4 Å². The second kappa shape index (κ2) is 8.43. The van der Waals surface area contributed by atoms with Crippen LogP contribution >= 0.6 is 34.8 Å². The van der Waals surface area contributed by atoms with Crippen LogP contribution in [-0.2, 0) is 9.53 Å². The average molecular weight is 403 g/mol. The van der Waals surface area contributed by atoms with E-state index < -0.39 is 18.0 Å². The summed E-state index contributed by atoms with van der Waals surface area (Å²) >= 11 is 17.9. The molecule has 25 heavy (non-hydrogen) atoms. The number of carbonyl (C=O) groups excluding carboxylic acids is 2. The molecule has 2 aromatic carbocycles. The van der Waals surface area contributed by atoms with Crippen LogP contribution in [0.4, 0.5) is 5.69 Å². The van der Waals surface area contributed by atoms with Gasteiger partial charge in [-0.15, -0.1) is 0 Å². The molecule has 0 aliphatic heterocycles. The van der Waals surface area contributed by atoms with Crippen LogP contribution in [0, 0.1) is 0 Å². The van der Waals surface area contributed by atoms with Crippen molar-refractivity contribution in [1.29, 1.82) is 0 Å². The predicted molar refractivity (Wildman–Crippen MR) is 98.0 cm³/mol. The number of ether oxygens (including phenoxy) is 2. The Hall–Kier alpha value is -1.95. The van der Waals surface area contributed by atoms with Crippen LogP contribution in [0.3, 0.4) is 0 Å². The zero-order valence-electron chi connectivity index (χ0n) is 13.3. The number of esters is 1. The molecule has 1 N–H and O–H groups in total. The van der Waals surface area contributed by atoms with E-state index in [1.165, 1.54) is 19.2 Å². The van der Waals surface area contributed by atoms with Crippen molar-refractivity contribution in [2.75, 3.05) is 12.4 Å². The summed E-state index contributed by atoms with van der Waals surface area (Å²) < 4.78 is 10.2. The lowest BCUT2D eigenvalue weighted by molar-refractivity contribution is -0.122. The van der Waals surface area contributed by atoms with Crippen LogP contribution in [0.2, 0.25) is 15.1 Å². The van der Waals surface area contributed by atoms with Crippen molar-refractivity contribution in [3.05, 3.63) is 57.0 Å². The van der Waals surface area contributed by atoms with E-state index in [-0.39, 0.29) is 15.7 Å². The maximum absolute atomic E-state index is 12.3. The molecule has 0 saturated heterocycles. The van der Waals surface area contributed by atoms with E-state index >= 15 is 0 Å². The van der Waals surface area contributed by atoms with Crippen molar-refractivity contribution in [2.24, 2.45) is 0 Å². The summed E-state index contributed by atoms with van der Waals surface area (Å²) in [4.78, 5) is 23.7. The van der Waals surface area contributed by atoms with Gasteiger partial charge in [0.2, 0.25) is 0 Å². The third-order valence-corrected chi connectivity index (χ3v) is 4.03. The number of carbonyl (C=O) groups is 2. The highest BCUT2D eigenvalue weighted by molar-refractivity contribution is 6.42. The number of anilines is 1. The zero-order valence-corrected chi connectivity index (χ0v) is 15.6. The van der Waals surface area contributed by atoms with Crippen molar-refractivity contribution in [3.8, 4) is 5.75 Å². The van der Waals surface area contributed by atoms with Gasteiger partial charge in [0.15, 0.2) is 6.10 Å². The molecule has 0 heterocycles. The van der Waals surface area contributed by atoms with E-state index in [1.807, 2.05) is 0 Å². The zero-order chi connectivity index (χ0) is 18.6. The normalized spacial score (nSPS) is 11.6. The van der Waals surface area contributed by atoms with Crippen LogP contribution < -0.4 is 10.1 Å². The van der Waals surface area contributed by atoms with Crippen LogP contribution in [0.15, 0.2) is 36.4 Å². The lowest BCUT2D eigenvalue weighted by Crippen LogP contribution is -2.30. The van der Waals surface area contributed by atoms with Gasteiger partial charge >= 0.3 is 5.97 Å². The minimum atomic E-state index is -0.827. The minimum absolute atomic E-state index is 0.223. The van der Waals surface area contributed by atoms with Gasteiger partial charge in [-0.05, 0) is 43.3 Å². The molecule has 0 aliphatic carbocycles. The summed E-state index contributed by atoms with van der Waals surface area (Å²) in [5.41, 5.74) is 0.640. The van der Waals surface area contributed by atoms with Crippen molar-refractivity contribution < 1.29 is 19.1 Å². The molecule has 1 amide bonds. The number of halogens is 3. The fourth-order valence-corrected chi connectivity index (χ4v) is 2.84. The van der Waals surface area contributed by atoms with E-state index in [1.54, 1.807) is 31.2 Å². The highest BCUT2D eigenvalue weighted by atomic mass is 35.5. The SMILES string of the molecule is COC(=O)c1ccc(O[C@@H](C)C(=O)Nc2c(Cl)cc(Cl)cc2Cl)cc1. The number of benzene rings is 2. The van der Waals surface area contributed by atoms with Crippen molar-refractivity contribution in [2.45, 2.75) is 13.0 Å². The lowest BCUT2D eigenvalue weighted by Gasteiger charge is -2.16. The van der Waals surface area contributed by atoms with Crippen LogP contribution in [0.5, 0.6) is 5.75 Å². The summed E-state index contributed by atoms with van der Waals surface area (Å²) in [7, 11) is 1.30. The van der Waals surface area contributed by atoms with Crippen LogP contribution in [0.1, 0.15) is 17.3 Å². The second-order valence-electron chi connectivity index (χ2n) is 5.01. The Morgan fingerprint density at radius 1 is 1.04 bits per heavy atom.